The SMILES string of the molecule is CNC(=O)c1ccc(NC(=O)NCc2cc(F)ccc2F)c(C)c1. The molecule has 126 valence electrons. The summed E-state index contributed by atoms with van der Waals surface area (Å²) < 4.78 is 26.6. The number of anilines is 1. The van der Waals surface area contributed by atoms with Gasteiger partial charge in [-0.15, -0.1) is 0 Å². The summed E-state index contributed by atoms with van der Waals surface area (Å²) >= 11 is 0. The Morgan fingerprint density at radius 3 is 2.50 bits per heavy atom. The van der Waals surface area contributed by atoms with E-state index in [2.05, 4.69) is 16.0 Å². The molecule has 0 saturated carbocycles. The van der Waals surface area contributed by atoms with Crippen LogP contribution in [-0.4, -0.2) is 19.0 Å². The molecular weight excluding hydrogens is 316 g/mol. The molecule has 0 radical (unpaired) electrons. The van der Waals surface area contributed by atoms with Crippen molar-refractivity contribution in [1.29, 1.82) is 0 Å². The number of carbonyl (C=O) groups excluding carboxylic acids is 2. The van der Waals surface area contributed by atoms with E-state index >= 15 is 0 Å². The van der Waals surface area contributed by atoms with E-state index < -0.39 is 17.7 Å². The highest BCUT2D eigenvalue weighted by atomic mass is 19.1. The second-order valence-electron chi connectivity index (χ2n) is 5.15. The summed E-state index contributed by atoms with van der Waals surface area (Å²) in [7, 11) is 1.53. The molecule has 0 unspecified atom stereocenters. The summed E-state index contributed by atoms with van der Waals surface area (Å²) in [6.07, 6.45) is 0. The van der Waals surface area contributed by atoms with Gasteiger partial charge in [0, 0.05) is 30.4 Å². The number of halogens is 2. The lowest BCUT2D eigenvalue weighted by Gasteiger charge is -2.11. The zero-order chi connectivity index (χ0) is 17.7. The van der Waals surface area contributed by atoms with Crippen LogP contribution in [0.2, 0.25) is 0 Å². The zero-order valence-corrected chi connectivity index (χ0v) is 13.2. The monoisotopic (exact) mass is 333 g/mol. The molecule has 0 atom stereocenters. The van der Waals surface area contributed by atoms with E-state index in [1.165, 1.54) is 7.05 Å². The van der Waals surface area contributed by atoms with Gasteiger partial charge in [-0.2, -0.15) is 0 Å². The van der Waals surface area contributed by atoms with Crippen molar-refractivity contribution in [1.82, 2.24) is 10.6 Å². The Balaban J connectivity index is 1.99. The van der Waals surface area contributed by atoms with Crippen molar-refractivity contribution < 1.29 is 18.4 Å². The predicted molar refractivity (Wildman–Crippen MR) is 86.8 cm³/mol. The fraction of sp³-hybridized carbons (Fsp3) is 0.176. The van der Waals surface area contributed by atoms with Gasteiger partial charge in [0.05, 0.1) is 0 Å². The van der Waals surface area contributed by atoms with E-state index in [1.54, 1.807) is 25.1 Å². The second-order valence-corrected chi connectivity index (χ2v) is 5.15. The highest BCUT2D eigenvalue weighted by Gasteiger charge is 2.10. The Hall–Kier alpha value is -2.96. The van der Waals surface area contributed by atoms with Gasteiger partial charge in [0.15, 0.2) is 0 Å². The zero-order valence-electron chi connectivity index (χ0n) is 13.2. The Morgan fingerprint density at radius 1 is 1.08 bits per heavy atom. The first-order valence-electron chi connectivity index (χ1n) is 7.22. The van der Waals surface area contributed by atoms with Crippen molar-refractivity contribution in [2.24, 2.45) is 0 Å². The minimum absolute atomic E-state index is 0.0526. The molecule has 3 N–H and O–H groups in total. The Morgan fingerprint density at radius 2 is 1.83 bits per heavy atom. The van der Waals surface area contributed by atoms with Crippen LogP contribution in [0.1, 0.15) is 21.5 Å². The Kier molecular flexibility index (Phi) is 5.47. The van der Waals surface area contributed by atoms with E-state index in [9.17, 15) is 18.4 Å². The standard InChI is InChI=1S/C17H17F2N3O2/c1-10-7-11(16(23)20-2)3-6-15(10)22-17(24)21-9-12-8-13(18)4-5-14(12)19/h3-8H,9H2,1-2H3,(H,20,23)(H2,21,22,24). The number of amides is 3. The van der Waals surface area contributed by atoms with Crippen molar-refractivity contribution >= 4 is 17.6 Å². The molecule has 2 aromatic carbocycles. The van der Waals surface area contributed by atoms with Crippen LogP contribution in [0.5, 0.6) is 0 Å². The lowest BCUT2D eigenvalue weighted by molar-refractivity contribution is 0.0963. The second kappa shape index (κ2) is 7.54. The van der Waals surface area contributed by atoms with Crippen LogP contribution in [0.15, 0.2) is 36.4 Å². The van der Waals surface area contributed by atoms with Crippen molar-refractivity contribution in [2.45, 2.75) is 13.5 Å². The molecular formula is C17H17F2N3O2. The van der Waals surface area contributed by atoms with E-state index in [-0.39, 0.29) is 18.0 Å². The number of hydrogen-bond acceptors (Lipinski definition) is 2. The molecule has 0 aromatic heterocycles. The molecule has 0 spiro atoms. The first-order chi connectivity index (χ1) is 11.4. The number of benzene rings is 2. The van der Waals surface area contributed by atoms with Gasteiger partial charge in [-0.1, -0.05) is 0 Å². The highest BCUT2D eigenvalue weighted by Crippen LogP contribution is 2.16. The van der Waals surface area contributed by atoms with Crippen LogP contribution < -0.4 is 16.0 Å². The molecule has 5 nitrogen and oxygen atoms in total. The Bertz CT molecular complexity index is 778. The molecule has 2 rings (SSSR count). The van der Waals surface area contributed by atoms with Crippen LogP contribution in [-0.2, 0) is 6.54 Å². The number of urea groups is 1. The van der Waals surface area contributed by atoms with Gasteiger partial charge in [-0.05, 0) is 48.9 Å². The van der Waals surface area contributed by atoms with Crippen LogP contribution in [0.25, 0.3) is 0 Å². The maximum atomic E-state index is 13.5. The molecule has 0 bridgehead atoms. The maximum absolute atomic E-state index is 13.5. The molecule has 0 fully saturated rings. The van der Waals surface area contributed by atoms with Crippen molar-refractivity contribution in [3.05, 3.63) is 64.7 Å². The number of nitrogens with one attached hydrogen (secondary N) is 3. The van der Waals surface area contributed by atoms with E-state index in [0.717, 1.165) is 18.2 Å². The van der Waals surface area contributed by atoms with Crippen LogP contribution in [0.3, 0.4) is 0 Å². The van der Waals surface area contributed by atoms with Crippen molar-refractivity contribution in [2.75, 3.05) is 12.4 Å². The third kappa shape index (κ3) is 4.28. The lowest BCUT2D eigenvalue weighted by atomic mass is 10.1. The first-order valence-corrected chi connectivity index (χ1v) is 7.22. The van der Waals surface area contributed by atoms with E-state index in [4.69, 9.17) is 0 Å². The molecule has 7 heteroatoms. The summed E-state index contributed by atoms with van der Waals surface area (Å²) in [5, 5.41) is 7.57. The molecule has 0 aliphatic carbocycles. The number of aryl methyl sites for hydroxylation is 1. The van der Waals surface area contributed by atoms with E-state index in [1.807, 2.05) is 0 Å². The summed E-state index contributed by atoms with van der Waals surface area (Å²) in [4.78, 5) is 23.4. The molecule has 0 aliphatic heterocycles. The molecule has 0 heterocycles. The molecule has 0 aliphatic rings. The van der Waals surface area contributed by atoms with E-state index in [0.29, 0.717) is 16.8 Å². The summed E-state index contributed by atoms with van der Waals surface area (Å²) in [5.41, 5.74) is 1.74. The number of hydrogen-bond donors (Lipinski definition) is 3. The summed E-state index contributed by atoms with van der Waals surface area (Å²) in [6.45, 7) is 1.60. The third-order valence-electron chi connectivity index (χ3n) is 3.41. The highest BCUT2D eigenvalue weighted by molar-refractivity contribution is 5.96. The third-order valence-corrected chi connectivity index (χ3v) is 3.41. The molecule has 2 aromatic rings. The minimum atomic E-state index is -0.595. The van der Waals surface area contributed by atoms with Crippen molar-refractivity contribution in [3.8, 4) is 0 Å². The first kappa shape index (κ1) is 17.4. The van der Waals surface area contributed by atoms with Gasteiger partial charge in [0.25, 0.3) is 5.91 Å². The summed E-state index contributed by atoms with van der Waals surface area (Å²) in [5.74, 6) is -1.40. The normalized spacial score (nSPS) is 10.2. The largest absolute Gasteiger partial charge is 0.355 e. The van der Waals surface area contributed by atoms with Gasteiger partial charge in [-0.25, -0.2) is 13.6 Å². The van der Waals surface area contributed by atoms with Gasteiger partial charge in [0.2, 0.25) is 0 Å². The smallest absolute Gasteiger partial charge is 0.319 e. The average Bonchev–Trinajstić information content (AvgIpc) is 2.56. The topological polar surface area (TPSA) is 70.2 Å². The quantitative estimate of drug-likeness (QED) is 0.805. The number of rotatable bonds is 4. The molecule has 3 amide bonds. The minimum Gasteiger partial charge on any atom is -0.355 e. The van der Waals surface area contributed by atoms with Gasteiger partial charge >= 0.3 is 6.03 Å². The molecule has 0 saturated heterocycles. The average molecular weight is 333 g/mol. The fourth-order valence-electron chi connectivity index (χ4n) is 2.11. The van der Waals surface area contributed by atoms with Gasteiger partial charge in [0.1, 0.15) is 11.6 Å². The van der Waals surface area contributed by atoms with Crippen LogP contribution in [0, 0.1) is 18.6 Å². The van der Waals surface area contributed by atoms with Crippen LogP contribution >= 0.6 is 0 Å². The summed E-state index contributed by atoms with van der Waals surface area (Å²) in [6, 6.07) is 7.30. The van der Waals surface area contributed by atoms with Gasteiger partial charge < -0.3 is 16.0 Å². The maximum Gasteiger partial charge on any atom is 0.319 e. The Labute approximate surface area is 138 Å². The lowest BCUT2D eigenvalue weighted by Crippen LogP contribution is -2.29. The van der Waals surface area contributed by atoms with Crippen molar-refractivity contribution in [3.63, 3.8) is 0 Å². The number of carbonyl (C=O) groups is 2. The predicted octanol–water partition coefficient (Wildman–Crippen LogP) is 2.95. The fourth-order valence-corrected chi connectivity index (χ4v) is 2.11. The molecule has 24 heavy (non-hydrogen) atoms. The van der Waals surface area contributed by atoms with Gasteiger partial charge in [-0.3, -0.25) is 4.79 Å². The van der Waals surface area contributed by atoms with Crippen LogP contribution in [0.4, 0.5) is 19.3 Å².